The lowest BCUT2D eigenvalue weighted by atomic mass is 10.0. The molecule has 0 radical (unpaired) electrons. The van der Waals surface area contributed by atoms with Crippen molar-refractivity contribution in [1.29, 1.82) is 0 Å². The fraction of sp³-hybridized carbons (Fsp3) is 0. The first-order valence-electron chi connectivity index (χ1n) is 20.0. The number of fused-ring (bicyclic) bond motifs is 6. The first-order valence-corrected chi connectivity index (χ1v) is 16.0. The van der Waals surface area contributed by atoms with Crippen molar-refractivity contribution in [2.75, 3.05) is 0 Å². The van der Waals surface area contributed by atoms with Gasteiger partial charge in [-0.1, -0.05) is 127 Å². The highest BCUT2D eigenvalue weighted by Gasteiger charge is 2.20. The number of hydrogen-bond acceptors (Lipinski definition) is 4. The van der Waals surface area contributed by atoms with E-state index >= 15 is 0 Å². The van der Waals surface area contributed by atoms with Crippen LogP contribution in [0.15, 0.2) is 174 Å². The van der Waals surface area contributed by atoms with Gasteiger partial charge in [0.2, 0.25) is 0 Å². The number of nitrogens with zero attached hydrogens (tertiary/aromatic N) is 4. The third-order valence-electron chi connectivity index (χ3n) is 8.92. The fourth-order valence-corrected chi connectivity index (χ4v) is 6.58. The molecule has 50 heavy (non-hydrogen) atoms. The van der Waals surface area contributed by atoms with E-state index in [2.05, 4.69) is 0 Å². The molecule has 10 rings (SSSR count). The molecule has 0 saturated carbocycles. The molecule has 0 saturated heterocycles. The quantitative estimate of drug-likeness (QED) is 0.186. The van der Waals surface area contributed by atoms with E-state index < -0.39 is 48.3 Å². The Bertz CT molecular complexity index is 3250. The van der Waals surface area contributed by atoms with Crippen LogP contribution < -0.4 is 0 Å². The maximum atomic E-state index is 9.21. The van der Waals surface area contributed by atoms with E-state index in [0.717, 1.165) is 33.0 Å². The summed E-state index contributed by atoms with van der Waals surface area (Å²) in [5.74, 6) is 0.935. The molecule has 7 aromatic carbocycles. The Morgan fingerprint density at radius 2 is 1.02 bits per heavy atom. The van der Waals surface area contributed by atoms with Gasteiger partial charge in [-0.3, -0.25) is 0 Å². The van der Waals surface area contributed by atoms with Crippen LogP contribution in [0.5, 0.6) is 0 Å². The van der Waals surface area contributed by atoms with Gasteiger partial charge in [-0.2, -0.15) is 0 Å². The van der Waals surface area contributed by atoms with Gasteiger partial charge in [0.1, 0.15) is 11.2 Å². The molecule has 0 aliphatic carbocycles. The largest absolute Gasteiger partial charge is 0.456 e. The summed E-state index contributed by atoms with van der Waals surface area (Å²) in [5, 5.41) is 1.88. The summed E-state index contributed by atoms with van der Waals surface area (Å²) in [6.07, 6.45) is 0. The summed E-state index contributed by atoms with van der Waals surface area (Å²) in [6, 6.07) is 34.5. The predicted molar refractivity (Wildman–Crippen MR) is 203 cm³/mol. The Kier molecular flexibility index (Phi) is 4.83. The third-order valence-corrected chi connectivity index (χ3v) is 8.92. The van der Waals surface area contributed by atoms with Crippen LogP contribution in [-0.4, -0.2) is 19.5 Å². The minimum Gasteiger partial charge on any atom is -0.456 e. The molecule has 10 aromatic rings. The number of para-hydroxylation sites is 3. The van der Waals surface area contributed by atoms with E-state index in [4.69, 9.17) is 27.6 Å². The Morgan fingerprint density at radius 1 is 0.440 bits per heavy atom. The highest BCUT2D eigenvalue weighted by Crippen LogP contribution is 2.39. The maximum absolute atomic E-state index is 9.21. The van der Waals surface area contributed by atoms with Crippen LogP contribution in [0.25, 0.3) is 94.7 Å². The molecule has 0 aliphatic heterocycles. The van der Waals surface area contributed by atoms with E-state index in [9.17, 15) is 2.74 Å². The molecular formula is C45H28N4O. The van der Waals surface area contributed by atoms with Crippen molar-refractivity contribution >= 4 is 43.7 Å². The molecule has 0 atom stereocenters. The highest BCUT2D eigenvalue weighted by molar-refractivity contribution is 6.10. The predicted octanol–water partition coefficient (Wildman–Crippen LogP) is 11.5. The molecule has 0 N–H and O–H groups in total. The van der Waals surface area contributed by atoms with Gasteiger partial charge in [-0.05, 0) is 53.5 Å². The zero-order valence-corrected chi connectivity index (χ0v) is 26.2. The summed E-state index contributed by atoms with van der Waals surface area (Å²) in [6.45, 7) is 0. The van der Waals surface area contributed by atoms with Gasteiger partial charge in [0.25, 0.3) is 0 Å². The van der Waals surface area contributed by atoms with E-state index in [1.807, 2.05) is 121 Å². The van der Waals surface area contributed by atoms with E-state index in [0.29, 0.717) is 34.0 Å². The van der Waals surface area contributed by atoms with E-state index in [1.165, 1.54) is 4.57 Å². The Balaban J connectivity index is 1.33. The normalized spacial score (nSPS) is 13.8. The number of benzene rings is 7. The Morgan fingerprint density at radius 3 is 1.76 bits per heavy atom. The standard InChI is InChI=1S/C45H28N4O/c1-3-13-29(14-4-1)31-23-26-37(40(27-31)49-38-20-10-7-17-33(38)34-18-8-11-21-39(34)49)45-47-43(30-15-5-2-6-16-30)46-44(48-45)32-24-25-36-35-19-9-12-22-41(35)50-42(36)28-32/h1-28H/i7D,8D,10D,11D,17D,18D,20D,21D. The van der Waals surface area contributed by atoms with Gasteiger partial charge < -0.3 is 8.98 Å². The van der Waals surface area contributed by atoms with Crippen molar-refractivity contribution in [1.82, 2.24) is 19.5 Å². The van der Waals surface area contributed by atoms with Crippen LogP contribution in [0.1, 0.15) is 11.0 Å². The molecule has 0 aliphatic rings. The van der Waals surface area contributed by atoms with Crippen molar-refractivity contribution < 1.29 is 15.4 Å². The molecule has 0 unspecified atom stereocenters. The van der Waals surface area contributed by atoms with Gasteiger partial charge in [-0.25, -0.2) is 15.0 Å². The van der Waals surface area contributed by atoms with Crippen LogP contribution >= 0.6 is 0 Å². The average Bonchev–Trinajstić information content (AvgIpc) is 3.83. The first-order chi connectivity index (χ1) is 28.1. The number of hydrogen-bond donors (Lipinski definition) is 0. The average molecular weight is 649 g/mol. The zero-order chi connectivity index (χ0) is 40.0. The lowest BCUT2D eigenvalue weighted by Gasteiger charge is -2.16. The molecule has 5 heteroatoms. The molecule has 0 amide bonds. The first kappa shape index (κ1) is 21.2. The van der Waals surface area contributed by atoms with Crippen molar-refractivity contribution in [2.24, 2.45) is 0 Å². The van der Waals surface area contributed by atoms with Crippen LogP contribution in [0.2, 0.25) is 0 Å². The second-order valence-corrected chi connectivity index (χ2v) is 11.9. The lowest BCUT2D eigenvalue weighted by molar-refractivity contribution is 0.669. The summed E-state index contributed by atoms with van der Waals surface area (Å²) in [5.41, 5.74) is 5.12. The molecule has 0 bridgehead atoms. The summed E-state index contributed by atoms with van der Waals surface area (Å²) < 4.78 is 78.7. The smallest absolute Gasteiger partial charge is 0.166 e. The van der Waals surface area contributed by atoms with Gasteiger partial charge >= 0.3 is 0 Å². The van der Waals surface area contributed by atoms with E-state index in [1.54, 1.807) is 0 Å². The molecule has 0 spiro atoms. The fourth-order valence-electron chi connectivity index (χ4n) is 6.58. The number of rotatable bonds is 5. The molecule has 234 valence electrons. The van der Waals surface area contributed by atoms with Gasteiger partial charge in [0, 0.05) is 38.2 Å². The topological polar surface area (TPSA) is 56.7 Å². The van der Waals surface area contributed by atoms with Crippen LogP contribution in [0.4, 0.5) is 0 Å². The molecule has 0 fully saturated rings. The summed E-state index contributed by atoms with van der Waals surface area (Å²) >= 11 is 0. The molecule has 3 heterocycles. The van der Waals surface area contributed by atoms with Gasteiger partial charge in [0.15, 0.2) is 17.5 Å². The monoisotopic (exact) mass is 648 g/mol. The van der Waals surface area contributed by atoms with Crippen molar-refractivity contribution in [3.8, 4) is 51.0 Å². The van der Waals surface area contributed by atoms with Crippen molar-refractivity contribution in [2.45, 2.75) is 0 Å². The second-order valence-electron chi connectivity index (χ2n) is 11.9. The van der Waals surface area contributed by atoms with E-state index in [-0.39, 0.29) is 27.6 Å². The summed E-state index contributed by atoms with van der Waals surface area (Å²) in [4.78, 5) is 15.0. The van der Waals surface area contributed by atoms with Crippen molar-refractivity contribution in [3.05, 3.63) is 170 Å². The van der Waals surface area contributed by atoms with Gasteiger partial charge in [-0.15, -0.1) is 0 Å². The number of furan rings is 1. The van der Waals surface area contributed by atoms with Crippen molar-refractivity contribution in [3.63, 3.8) is 0 Å². The van der Waals surface area contributed by atoms with Crippen LogP contribution in [0, 0.1) is 0 Å². The molecule has 3 aromatic heterocycles. The molecular weight excluding hydrogens is 613 g/mol. The second kappa shape index (κ2) is 11.4. The lowest BCUT2D eigenvalue weighted by Crippen LogP contribution is -2.04. The SMILES string of the molecule is [2H]c1c([2H])c([2H])c2c(c1[2H])c1c([2H])c([2H])c([2H])c([2H])c1n2-c1cc(-c2ccccc2)ccc1-c1nc(-c2ccccc2)nc(-c2ccc3c(c2)oc2ccccc23)n1. The van der Waals surface area contributed by atoms with Gasteiger partial charge in [0.05, 0.1) is 27.7 Å². The molecule has 5 nitrogen and oxygen atoms in total. The third kappa shape index (κ3) is 4.60. The number of aromatic nitrogens is 4. The zero-order valence-electron chi connectivity index (χ0n) is 34.2. The highest BCUT2D eigenvalue weighted by atomic mass is 16.3. The minimum absolute atomic E-state index is 0.00707. The minimum atomic E-state index is -0.516. The maximum Gasteiger partial charge on any atom is 0.166 e. The Labute approximate surface area is 299 Å². The van der Waals surface area contributed by atoms with Crippen LogP contribution in [0.3, 0.4) is 0 Å². The Hall–Kier alpha value is -6.85. The summed E-state index contributed by atoms with van der Waals surface area (Å²) in [7, 11) is 0. The van der Waals surface area contributed by atoms with Crippen LogP contribution in [-0.2, 0) is 0 Å².